The number of hydrogen-bond acceptors (Lipinski definition) is 4. The van der Waals surface area contributed by atoms with Crippen molar-refractivity contribution in [1.82, 2.24) is 14.9 Å². The summed E-state index contributed by atoms with van der Waals surface area (Å²) in [6.45, 7) is 1.72. The monoisotopic (exact) mass is 273 g/mol. The number of benzene rings is 1. The molecule has 1 heterocycles. The minimum absolute atomic E-state index is 0.0329. The molecule has 0 aliphatic rings. The molecule has 18 heavy (non-hydrogen) atoms. The van der Waals surface area contributed by atoms with E-state index in [9.17, 15) is 13.2 Å². The van der Waals surface area contributed by atoms with Gasteiger partial charge in [-0.3, -0.25) is 0 Å². The van der Waals surface area contributed by atoms with Crippen LogP contribution in [0.3, 0.4) is 0 Å². The first-order valence-electron chi connectivity index (χ1n) is 5.15. The second-order valence-corrected chi connectivity index (χ2v) is 4.49. The molecule has 0 saturated carbocycles. The van der Waals surface area contributed by atoms with Gasteiger partial charge >= 0.3 is 0 Å². The Morgan fingerprint density at radius 1 is 1.22 bits per heavy atom. The summed E-state index contributed by atoms with van der Waals surface area (Å²) < 4.78 is 43.6. The predicted molar refractivity (Wildman–Crippen MR) is 61.9 cm³/mol. The summed E-state index contributed by atoms with van der Waals surface area (Å²) in [5.41, 5.74) is 0.661. The van der Waals surface area contributed by atoms with E-state index in [-0.39, 0.29) is 5.56 Å². The van der Waals surface area contributed by atoms with E-state index < -0.39 is 23.5 Å². The fourth-order valence-electron chi connectivity index (χ4n) is 1.69. The lowest BCUT2D eigenvalue weighted by molar-refractivity contribution is 0.435. The molecule has 1 atom stereocenters. The summed E-state index contributed by atoms with van der Waals surface area (Å²) in [7, 11) is 1.60. The average Bonchev–Trinajstić information content (AvgIpc) is 2.77. The molecular formula is C11H10F3N3S. The lowest BCUT2D eigenvalue weighted by Crippen LogP contribution is -2.19. The molecule has 3 nitrogen and oxygen atoms in total. The maximum atomic E-state index is 13.7. The smallest absolute Gasteiger partial charge is 0.194 e. The zero-order chi connectivity index (χ0) is 13.3. The molecule has 96 valence electrons. The summed E-state index contributed by atoms with van der Waals surface area (Å²) in [6, 6.07) is 1.52. The Balaban J connectivity index is 2.53. The van der Waals surface area contributed by atoms with Gasteiger partial charge in [0.25, 0.3) is 0 Å². The summed E-state index contributed by atoms with van der Waals surface area (Å²) >= 11 is 1.09. The first-order chi connectivity index (χ1) is 8.56. The van der Waals surface area contributed by atoms with Gasteiger partial charge in [0.05, 0.1) is 16.6 Å². The molecule has 0 spiro atoms. The van der Waals surface area contributed by atoms with E-state index in [0.29, 0.717) is 10.6 Å². The Hall–Kier alpha value is -1.47. The van der Waals surface area contributed by atoms with Crippen molar-refractivity contribution in [2.75, 3.05) is 7.05 Å². The van der Waals surface area contributed by atoms with Gasteiger partial charge in [-0.2, -0.15) is 0 Å². The minimum atomic E-state index is -1.47. The fourth-order valence-corrected chi connectivity index (χ4v) is 2.47. The van der Waals surface area contributed by atoms with Crippen LogP contribution in [0.1, 0.15) is 22.2 Å². The molecule has 0 aliphatic carbocycles. The van der Waals surface area contributed by atoms with Crippen molar-refractivity contribution < 1.29 is 13.2 Å². The molecule has 1 aromatic heterocycles. The molecule has 2 rings (SSSR count). The molecule has 0 fully saturated rings. The van der Waals surface area contributed by atoms with Gasteiger partial charge < -0.3 is 5.32 Å². The molecule has 0 bridgehead atoms. The zero-order valence-electron chi connectivity index (χ0n) is 9.67. The van der Waals surface area contributed by atoms with Gasteiger partial charge in [0.1, 0.15) is 0 Å². The third kappa shape index (κ3) is 2.11. The van der Waals surface area contributed by atoms with Crippen molar-refractivity contribution in [3.05, 3.63) is 45.7 Å². The van der Waals surface area contributed by atoms with Crippen LogP contribution in [0.2, 0.25) is 0 Å². The molecule has 2 aromatic rings. The van der Waals surface area contributed by atoms with E-state index in [4.69, 9.17) is 0 Å². The van der Waals surface area contributed by atoms with Crippen LogP contribution in [0, 0.1) is 24.4 Å². The van der Waals surface area contributed by atoms with E-state index in [1.165, 1.54) is 6.07 Å². The highest BCUT2D eigenvalue weighted by molar-refractivity contribution is 7.05. The van der Waals surface area contributed by atoms with Crippen LogP contribution >= 0.6 is 11.5 Å². The maximum absolute atomic E-state index is 13.7. The summed E-state index contributed by atoms with van der Waals surface area (Å²) in [4.78, 5) is 0.669. The topological polar surface area (TPSA) is 37.8 Å². The van der Waals surface area contributed by atoms with E-state index >= 15 is 0 Å². The van der Waals surface area contributed by atoms with Gasteiger partial charge in [-0.25, -0.2) is 13.2 Å². The second-order valence-electron chi connectivity index (χ2n) is 3.71. The van der Waals surface area contributed by atoms with Crippen LogP contribution in [-0.4, -0.2) is 16.6 Å². The SMILES string of the molecule is CNC(c1ccc(F)c(F)c1F)c1snnc1C. The van der Waals surface area contributed by atoms with Crippen LogP contribution in [-0.2, 0) is 0 Å². The molecule has 0 saturated heterocycles. The zero-order valence-corrected chi connectivity index (χ0v) is 10.5. The van der Waals surface area contributed by atoms with Crippen molar-refractivity contribution in [3.63, 3.8) is 0 Å². The standard InChI is InChI=1S/C11H10F3N3S/c1-5-11(18-17-16-5)10(15-2)6-3-4-7(12)9(14)8(6)13/h3-4,10,15H,1-2H3. The molecule has 7 heteroatoms. The van der Waals surface area contributed by atoms with Crippen molar-refractivity contribution in [2.24, 2.45) is 0 Å². The lowest BCUT2D eigenvalue weighted by Gasteiger charge is -2.16. The van der Waals surface area contributed by atoms with Gasteiger partial charge in [0.15, 0.2) is 17.5 Å². The highest BCUT2D eigenvalue weighted by atomic mass is 32.1. The van der Waals surface area contributed by atoms with E-state index in [1.54, 1.807) is 14.0 Å². The summed E-state index contributed by atoms with van der Waals surface area (Å²) in [6.07, 6.45) is 0. The maximum Gasteiger partial charge on any atom is 0.194 e. The van der Waals surface area contributed by atoms with Crippen LogP contribution in [0.4, 0.5) is 13.2 Å². The van der Waals surface area contributed by atoms with Gasteiger partial charge in [-0.15, -0.1) is 5.10 Å². The van der Waals surface area contributed by atoms with Crippen molar-refractivity contribution in [2.45, 2.75) is 13.0 Å². The number of aromatic nitrogens is 2. The Kier molecular flexibility index (Phi) is 3.63. The predicted octanol–water partition coefficient (Wildman–Crippen LogP) is 2.57. The largest absolute Gasteiger partial charge is 0.308 e. The number of aryl methyl sites for hydroxylation is 1. The molecular weight excluding hydrogens is 263 g/mol. The Bertz CT molecular complexity index is 571. The van der Waals surface area contributed by atoms with Crippen LogP contribution in [0.5, 0.6) is 0 Å². The normalized spacial score (nSPS) is 12.7. The van der Waals surface area contributed by atoms with Crippen LogP contribution in [0.25, 0.3) is 0 Å². The third-order valence-corrected chi connectivity index (χ3v) is 3.50. The summed E-state index contributed by atoms with van der Waals surface area (Å²) in [5.74, 6) is -3.87. The lowest BCUT2D eigenvalue weighted by atomic mass is 10.0. The van der Waals surface area contributed by atoms with Crippen LogP contribution < -0.4 is 5.32 Å². The first-order valence-corrected chi connectivity index (χ1v) is 5.93. The Morgan fingerprint density at radius 3 is 2.50 bits per heavy atom. The molecule has 0 amide bonds. The quantitative estimate of drug-likeness (QED) is 0.873. The highest BCUT2D eigenvalue weighted by Gasteiger charge is 2.24. The summed E-state index contributed by atoms with van der Waals surface area (Å²) in [5, 5.41) is 6.67. The molecule has 0 radical (unpaired) electrons. The van der Waals surface area contributed by atoms with E-state index in [1.807, 2.05) is 0 Å². The molecule has 0 aliphatic heterocycles. The fraction of sp³-hybridized carbons (Fsp3) is 0.273. The second kappa shape index (κ2) is 5.03. The third-order valence-electron chi connectivity index (χ3n) is 2.61. The average molecular weight is 273 g/mol. The van der Waals surface area contributed by atoms with Crippen molar-refractivity contribution >= 4 is 11.5 Å². The number of nitrogens with one attached hydrogen (secondary N) is 1. The van der Waals surface area contributed by atoms with Crippen LogP contribution in [0.15, 0.2) is 12.1 Å². The first kappa shape index (κ1) is 13.0. The van der Waals surface area contributed by atoms with E-state index in [0.717, 1.165) is 17.6 Å². The van der Waals surface area contributed by atoms with Gasteiger partial charge in [-0.05, 0) is 31.6 Å². The van der Waals surface area contributed by atoms with E-state index in [2.05, 4.69) is 14.9 Å². The number of halogens is 3. The Morgan fingerprint density at radius 2 is 1.94 bits per heavy atom. The van der Waals surface area contributed by atoms with Crippen molar-refractivity contribution in [3.8, 4) is 0 Å². The number of hydrogen-bond donors (Lipinski definition) is 1. The van der Waals surface area contributed by atoms with Gasteiger partial charge in [0, 0.05) is 5.56 Å². The molecule has 1 unspecified atom stereocenters. The number of nitrogens with zero attached hydrogens (tertiary/aromatic N) is 2. The molecule has 1 N–H and O–H groups in total. The van der Waals surface area contributed by atoms with Gasteiger partial charge in [0.2, 0.25) is 0 Å². The van der Waals surface area contributed by atoms with Crippen molar-refractivity contribution in [1.29, 1.82) is 0 Å². The highest BCUT2D eigenvalue weighted by Crippen LogP contribution is 2.29. The van der Waals surface area contributed by atoms with Gasteiger partial charge in [-0.1, -0.05) is 10.6 Å². The molecule has 1 aromatic carbocycles. The number of rotatable bonds is 3. The minimum Gasteiger partial charge on any atom is -0.308 e. The Labute approximate surface area is 106 Å².